The smallest absolute Gasteiger partial charge is 0.230 e. The third-order valence-electron chi connectivity index (χ3n) is 3.59. The number of piperidine rings is 1. The van der Waals surface area contributed by atoms with Crippen molar-refractivity contribution in [3.05, 3.63) is 30.7 Å². The molecular weight excluding hydrogens is 268 g/mol. The fourth-order valence-electron chi connectivity index (χ4n) is 2.54. The summed E-state index contributed by atoms with van der Waals surface area (Å²) in [6.45, 7) is 1.53. The first-order valence-corrected chi connectivity index (χ1v) is 7.05. The van der Waals surface area contributed by atoms with E-state index in [4.69, 9.17) is 0 Å². The van der Waals surface area contributed by atoms with Crippen LogP contribution in [0.25, 0.3) is 0 Å². The number of aromatic nitrogens is 4. The average molecular weight is 286 g/mol. The van der Waals surface area contributed by atoms with E-state index in [1.165, 1.54) is 0 Å². The van der Waals surface area contributed by atoms with Gasteiger partial charge in [0.05, 0.1) is 5.92 Å². The summed E-state index contributed by atoms with van der Waals surface area (Å²) in [5.41, 5.74) is 0. The van der Waals surface area contributed by atoms with E-state index < -0.39 is 0 Å². The zero-order chi connectivity index (χ0) is 14.7. The lowest BCUT2D eigenvalue weighted by atomic mass is 9.97. The summed E-state index contributed by atoms with van der Waals surface area (Å²) in [7, 11) is 1.82. The molecule has 1 N–H and O–H groups in total. The van der Waals surface area contributed by atoms with E-state index in [-0.39, 0.29) is 11.8 Å². The monoisotopic (exact) mass is 286 g/mol. The molecule has 3 heterocycles. The molecule has 0 saturated carbocycles. The lowest BCUT2D eigenvalue weighted by Crippen LogP contribution is -2.41. The van der Waals surface area contributed by atoms with Gasteiger partial charge in [-0.25, -0.2) is 9.97 Å². The van der Waals surface area contributed by atoms with Crippen LogP contribution in [0.1, 0.15) is 12.8 Å². The van der Waals surface area contributed by atoms with Crippen molar-refractivity contribution in [2.45, 2.75) is 12.8 Å². The molecular formula is C14H18N6O. The minimum atomic E-state index is -0.0652. The van der Waals surface area contributed by atoms with Crippen LogP contribution in [0.2, 0.25) is 0 Å². The summed E-state index contributed by atoms with van der Waals surface area (Å²) in [6.07, 6.45) is 7.08. The minimum Gasteiger partial charge on any atom is -0.340 e. The first kappa shape index (κ1) is 13.5. The predicted octanol–water partition coefficient (Wildman–Crippen LogP) is 1.07. The fourth-order valence-corrected chi connectivity index (χ4v) is 2.54. The van der Waals surface area contributed by atoms with Gasteiger partial charge in [0.2, 0.25) is 11.9 Å². The molecule has 0 aliphatic carbocycles. The van der Waals surface area contributed by atoms with Gasteiger partial charge in [-0.3, -0.25) is 9.48 Å². The van der Waals surface area contributed by atoms with E-state index >= 15 is 0 Å². The van der Waals surface area contributed by atoms with Crippen LogP contribution >= 0.6 is 0 Å². The van der Waals surface area contributed by atoms with Crippen molar-refractivity contribution in [2.24, 2.45) is 13.0 Å². The van der Waals surface area contributed by atoms with Gasteiger partial charge in [0, 0.05) is 44.8 Å². The molecule has 0 aromatic carbocycles. The number of hydrogen-bond acceptors (Lipinski definition) is 5. The molecule has 1 saturated heterocycles. The molecule has 2 aromatic heterocycles. The van der Waals surface area contributed by atoms with Gasteiger partial charge in [-0.1, -0.05) is 0 Å². The van der Waals surface area contributed by atoms with Crippen LogP contribution in [0.4, 0.5) is 11.8 Å². The molecule has 7 heteroatoms. The van der Waals surface area contributed by atoms with Crippen molar-refractivity contribution >= 4 is 17.7 Å². The van der Waals surface area contributed by atoms with Crippen LogP contribution in [0.3, 0.4) is 0 Å². The topological polar surface area (TPSA) is 75.9 Å². The standard InChI is InChI=1S/C14H18N6O/c1-19-9-5-12(18-19)17-13(21)11-4-2-8-20(10-11)14-15-6-3-7-16-14/h3,5-7,9,11H,2,4,8,10H2,1H3,(H,17,18,21)/t11-/m1/s1. The van der Waals surface area contributed by atoms with Crippen LogP contribution in [0.5, 0.6) is 0 Å². The maximum Gasteiger partial charge on any atom is 0.230 e. The number of hydrogen-bond donors (Lipinski definition) is 1. The molecule has 3 rings (SSSR count). The second kappa shape index (κ2) is 5.90. The summed E-state index contributed by atoms with van der Waals surface area (Å²) >= 11 is 0. The first-order chi connectivity index (χ1) is 10.2. The number of anilines is 2. The van der Waals surface area contributed by atoms with Gasteiger partial charge in [0.15, 0.2) is 5.82 Å². The zero-order valence-corrected chi connectivity index (χ0v) is 11.9. The molecule has 1 aliphatic rings. The van der Waals surface area contributed by atoms with Gasteiger partial charge >= 0.3 is 0 Å². The van der Waals surface area contributed by atoms with Crippen molar-refractivity contribution in [2.75, 3.05) is 23.3 Å². The Bertz CT molecular complexity index is 611. The van der Waals surface area contributed by atoms with Gasteiger partial charge in [-0.2, -0.15) is 5.10 Å². The molecule has 7 nitrogen and oxygen atoms in total. The Hall–Kier alpha value is -2.44. The highest BCUT2D eigenvalue weighted by Gasteiger charge is 2.27. The number of nitrogens with zero attached hydrogens (tertiary/aromatic N) is 5. The van der Waals surface area contributed by atoms with Gasteiger partial charge in [0.25, 0.3) is 0 Å². The van der Waals surface area contributed by atoms with Crippen molar-refractivity contribution in [1.82, 2.24) is 19.7 Å². The SMILES string of the molecule is Cn1ccc(NC(=O)[C@@H]2CCCN(c3ncccn3)C2)n1. The number of rotatable bonds is 3. The quantitative estimate of drug-likeness (QED) is 0.913. The molecule has 21 heavy (non-hydrogen) atoms. The minimum absolute atomic E-state index is 0.00864. The van der Waals surface area contributed by atoms with Gasteiger partial charge < -0.3 is 10.2 Å². The van der Waals surface area contributed by atoms with E-state index in [0.717, 1.165) is 19.4 Å². The molecule has 1 atom stereocenters. The molecule has 0 unspecified atom stereocenters. The first-order valence-electron chi connectivity index (χ1n) is 7.05. The Balaban J connectivity index is 1.64. The predicted molar refractivity (Wildman–Crippen MR) is 78.8 cm³/mol. The Morgan fingerprint density at radius 2 is 2.19 bits per heavy atom. The number of nitrogens with one attached hydrogen (secondary N) is 1. The molecule has 1 amide bonds. The molecule has 1 fully saturated rings. The second-order valence-electron chi connectivity index (χ2n) is 5.20. The second-order valence-corrected chi connectivity index (χ2v) is 5.20. The molecule has 0 radical (unpaired) electrons. The van der Waals surface area contributed by atoms with Crippen molar-refractivity contribution in [1.29, 1.82) is 0 Å². The van der Waals surface area contributed by atoms with Gasteiger partial charge in [-0.15, -0.1) is 0 Å². The summed E-state index contributed by atoms with van der Waals surface area (Å²) in [6, 6.07) is 3.58. The summed E-state index contributed by atoms with van der Waals surface area (Å²) in [5.74, 6) is 1.22. The van der Waals surface area contributed by atoms with Crippen LogP contribution < -0.4 is 10.2 Å². The lowest BCUT2D eigenvalue weighted by Gasteiger charge is -2.31. The van der Waals surface area contributed by atoms with Crippen molar-refractivity contribution in [3.63, 3.8) is 0 Å². The number of carbonyl (C=O) groups is 1. The highest BCUT2D eigenvalue weighted by atomic mass is 16.2. The van der Waals surface area contributed by atoms with E-state index in [9.17, 15) is 4.79 Å². The van der Waals surface area contributed by atoms with Crippen LogP contribution in [-0.4, -0.2) is 38.7 Å². The average Bonchev–Trinajstić information content (AvgIpc) is 2.93. The summed E-state index contributed by atoms with van der Waals surface area (Å²) in [5, 5.41) is 7.04. The molecule has 110 valence electrons. The number of carbonyl (C=O) groups excluding carboxylic acids is 1. The van der Waals surface area contributed by atoms with Crippen molar-refractivity contribution < 1.29 is 4.79 Å². The number of aryl methyl sites for hydroxylation is 1. The highest BCUT2D eigenvalue weighted by molar-refractivity contribution is 5.92. The lowest BCUT2D eigenvalue weighted by molar-refractivity contribution is -0.120. The fraction of sp³-hybridized carbons (Fsp3) is 0.429. The summed E-state index contributed by atoms with van der Waals surface area (Å²) in [4.78, 5) is 22.9. The van der Waals surface area contributed by atoms with Crippen LogP contribution in [-0.2, 0) is 11.8 Å². The molecule has 1 aliphatic heterocycles. The van der Waals surface area contributed by atoms with Gasteiger partial charge in [-0.05, 0) is 18.9 Å². The van der Waals surface area contributed by atoms with E-state index in [2.05, 4.69) is 25.3 Å². The number of amides is 1. The van der Waals surface area contributed by atoms with Crippen LogP contribution in [0.15, 0.2) is 30.7 Å². The third-order valence-corrected chi connectivity index (χ3v) is 3.59. The zero-order valence-electron chi connectivity index (χ0n) is 11.9. The molecule has 2 aromatic rings. The van der Waals surface area contributed by atoms with E-state index in [1.54, 1.807) is 35.4 Å². The van der Waals surface area contributed by atoms with Gasteiger partial charge in [0.1, 0.15) is 0 Å². The van der Waals surface area contributed by atoms with Crippen molar-refractivity contribution in [3.8, 4) is 0 Å². The third kappa shape index (κ3) is 3.18. The normalized spacial score (nSPS) is 18.5. The maximum atomic E-state index is 12.3. The maximum absolute atomic E-state index is 12.3. The Morgan fingerprint density at radius 3 is 2.90 bits per heavy atom. The van der Waals surface area contributed by atoms with E-state index in [0.29, 0.717) is 18.3 Å². The highest BCUT2D eigenvalue weighted by Crippen LogP contribution is 2.21. The van der Waals surface area contributed by atoms with E-state index in [1.807, 2.05) is 7.05 Å². The molecule has 0 spiro atoms. The molecule has 0 bridgehead atoms. The summed E-state index contributed by atoms with van der Waals surface area (Å²) < 4.78 is 1.67. The largest absolute Gasteiger partial charge is 0.340 e. The Labute approximate surface area is 123 Å². The van der Waals surface area contributed by atoms with Crippen LogP contribution in [0, 0.1) is 5.92 Å². The Kier molecular flexibility index (Phi) is 3.81. The Morgan fingerprint density at radius 1 is 1.38 bits per heavy atom.